The van der Waals surface area contributed by atoms with Gasteiger partial charge in [-0.25, -0.2) is 4.39 Å². The summed E-state index contributed by atoms with van der Waals surface area (Å²) >= 11 is 0. The maximum Gasteiger partial charge on any atom is 0.408 e. The highest BCUT2D eigenvalue weighted by Crippen LogP contribution is 2.26. The molecule has 2 amide bonds. The summed E-state index contributed by atoms with van der Waals surface area (Å²) in [5.74, 6) is -3.52. The van der Waals surface area contributed by atoms with Crippen LogP contribution in [-0.4, -0.2) is 34.4 Å². The second-order valence-corrected chi connectivity index (χ2v) is 7.48. The van der Waals surface area contributed by atoms with E-state index < -0.39 is 35.6 Å². The number of carbonyl (C=O) groups excluding carboxylic acids is 3. The van der Waals surface area contributed by atoms with Crippen molar-refractivity contribution in [2.24, 2.45) is 0 Å². The molecule has 1 aliphatic rings. The number of aromatic nitrogens is 1. The van der Waals surface area contributed by atoms with E-state index in [2.05, 4.69) is 5.32 Å². The average Bonchev–Trinajstić information content (AvgIpc) is 3.09. The number of anilines is 1. The summed E-state index contributed by atoms with van der Waals surface area (Å²) in [6.07, 6.45) is -2.77. The van der Waals surface area contributed by atoms with E-state index in [9.17, 15) is 31.9 Å². The number of rotatable bonds is 5. The van der Waals surface area contributed by atoms with Crippen molar-refractivity contribution in [3.8, 4) is 0 Å². The molecule has 0 fully saturated rings. The van der Waals surface area contributed by atoms with E-state index in [1.807, 2.05) is 0 Å². The molecule has 2 aromatic rings. The van der Waals surface area contributed by atoms with Gasteiger partial charge in [0.1, 0.15) is 11.9 Å². The molecule has 2 N–H and O–H groups in total. The number of Topliss-reactive ketones (excluding diaryl/α,β-unsaturated/α-hetero) is 1. The first-order chi connectivity index (χ1) is 14.5. The van der Waals surface area contributed by atoms with E-state index in [-0.39, 0.29) is 11.3 Å². The van der Waals surface area contributed by atoms with Crippen LogP contribution in [0.1, 0.15) is 51.9 Å². The lowest BCUT2D eigenvalue weighted by molar-refractivity contribution is -0.156. The average molecular weight is 439 g/mol. The van der Waals surface area contributed by atoms with E-state index in [0.29, 0.717) is 36.3 Å². The lowest BCUT2D eigenvalue weighted by Crippen LogP contribution is -2.46. The minimum atomic E-state index is -4.69. The highest BCUT2D eigenvalue weighted by atomic mass is 19.4. The van der Waals surface area contributed by atoms with E-state index in [1.54, 1.807) is 12.2 Å². The summed E-state index contributed by atoms with van der Waals surface area (Å²) in [5, 5.41) is 4.28. The smallest absolute Gasteiger partial charge is 0.341 e. The van der Waals surface area contributed by atoms with Crippen molar-refractivity contribution in [2.75, 3.05) is 5.32 Å². The van der Waals surface area contributed by atoms with E-state index in [0.717, 1.165) is 13.3 Å². The maximum atomic E-state index is 13.5. The number of halogens is 4. The molecule has 1 aromatic carbocycles. The van der Waals surface area contributed by atoms with Crippen molar-refractivity contribution >= 4 is 23.3 Å². The van der Waals surface area contributed by atoms with Crippen LogP contribution in [0.15, 0.2) is 24.3 Å². The van der Waals surface area contributed by atoms with Crippen LogP contribution >= 0.6 is 0 Å². The Morgan fingerprint density at radius 1 is 1.13 bits per heavy atom. The predicted octanol–water partition coefficient (Wildman–Crippen LogP) is 3.77. The number of hydrogen-bond acceptors (Lipinski definition) is 3. The molecule has 0 saturated carbocycles. The zero-order chi connectivity index (χ0) is 22.9. The summed E-state index contributed by atoms with van der Waals surface area (Å²) < 4.78 is 53.1. The van der Waals surface area contributed by atoms with Gasteiger partial charge in [0.05, 0.1) is 11.3 Å². The molecule has 31 heavy (non-hydrogen) atoms. The van der Waals surface area contributed by atoms with Gasteiger partial charge in [0.25, 0.3) is 17.6 Å². The number of ketones is 1. The first kappa shape index (κ1) is 22.5. The number of amides is 2. The zero-order valence-electron chi connectivity index (χ0n) is 16.9. The molecule has 1 aromatic heterocycles. The zero-order valence-corrected chi connectivity index (χ0v) is 16.9. The SMILES string of the molecule is Cc1cc(NC(=O)c2cc(C(=O)C(=O)N[C@H](C)C(F)(F)F)n3c2CCCC3)ccc1F. The van der Waals surface area contributed by atoms with Gasteiger partial charge in [0.2, 0.25) is 0 Å². The van der Waals surface area contributed by atoms with Crippen LogP contribution in [0.4, 0.5) is 23.2 Å². The number of aryl methyl sites for hydroxylation is 1. The minimum Gasteiger partial charge on any atom is -0.341 e. The third-order valence-electron chi connectivity index (χ3n) is 5.19. The molecule has 10 heteroatoms. The van der Waals surface area contributed by atoms with Crippen molar-refractivity contribution < 1.29 is 31.9 Å². The Morgan fingerprint density at radius 2 is 1.84 bits per heavy atom. The topological polar surface area (TPSA) is 80.2 Å². The molecule has 1 atom stereocenters. The van der Waals surface area contributed by atoms with Gasteiger partial charge in [-0.3, -0.25) is 14.4 Å². The number of hydrogen-bond donors (Lipinski definition) is 2. The molecule has 6 nitrogen and oxygen atoms in total. The van der Waals surface area contributed by atoms with E-state index in [1.165, 1.54) is 28.8 Å². The number of benzene rings is 1. The first-order valence-corrected chi connectivity index (χ1v) is 9.71. The Bertz CT molecular complexity index is 1040. The standard InChI is InChI=1S/C21H21F4N3O3/c1-11-9-13(6-7-15(11)22)27-19(30)14-10-17(28-8-4-3-5-16(14)28)18(29)20(31)26-12(2)21(23,24)25/h6-7,9-10,12H,3-5,8H2,1-2H3,(H,26,31)(H,27,30)/t12-/m1/s1. The van der Waals surface area contributed by atoms with Gasteiger partial charge in [-0.05, 0) is 62.9 Å². The molecule has 3 rings (SSSR count). The highest BCUT2D eigenvalue weighted by molar-refractivity contribution is 6.42. The van der Waals surface area contributed by atoms with E-state index >= 15 is 0 Å². The van der Waals surface area contributed by atoms with Gasteiger partial charge in [0, 0.05) is 17.9 Å². The molecule has 0 bridgehead atoms. The number of carbonyl (C=O) groups is 3. The molecular formula is C21H21F4N3O3. The molecular weight excluding hydrogens is 418 g/mol. The molecule has 0 saturated heterocycles. The first-order valence-electron chi connectivity index (χ1n) is 9.71. The van der Waals surface area contributed by atoms with Crippen LogP contribution in [0.3, 0.4) is 0 Å². The second-order valence-electron chi connectivity index (χ2n) is 7.48. The monoisotopic (exact) mass is 439 g/mol. The molecule has 0 unspecified atom stereocenters. The predicted molar refractivity (Wildman–Crippen MR) is 104 cm³/mol. The molecule has 1 aliphatic heterocycles. The fourth-order valence-corrected chi connectivity index (χ4v) is 3.44. The Balaban J connectivity index is 1.88. The quantitative estimate of drug-likeness (QED) is 0.423. The summed E-state index contributed by atoms with van der Waals surface area (Å²) in [6, 6.07) is 3.09. The van der Waals surface area contributed by atoms with E-state index in [4.69, 9.17) is 0 Å². The van der Waals surface area contributed by atoms with Gasteiger partial charge in [-0.2, -0.15) is 13.2 Å². The van der Waals surface area contributed by atoms with Crippen LogP contribution in [-0.2, 0) is 17.8 Å². The Kier molecular flexibility index (Phi) is 6.19. The van der Waals surface area contributed by atoms with Crippen LogP contribution in [0.2, 0.25) is 0 Å². The number of alkyl halides is 3. The van der Waals surface area contributed by atoms with Crippen molar-refractivity contribution in [3.05, 3.63) is 52.6 Å². The Morgan fingerprint density at radius 3 is 2.48 bits per heavy atom. The molecule has 2 heterocycles. The van der Waals surface area contributed by atoms with Crippen molar-refractivity contribution in [1.82, 2.24) is 9.88 Å². The third-order valence-corrected chi connectivity index (χ3v) is 5.19. The number of fused-ring (bicyclic) bond motifs is 1. The van der Waals surface area contributed by atoms with Crippen molar-refractivity contribution in [3.63, 3.8) is 0 Å². The van der Waals surface area contributed by atoms with Crippen LogP contribution in [0.5, 0.6) is 0 Å². The fourth-order valence-electron chi connectivity index (χ4n) is 3.44. The Labute approximate surface area is 175 Å². The molecule has 0 spiro atoms. The summed E-state index contributed by atoms with van der Waals surface area (Å²) in [5.41, 5.74) is 1.23. The van der Waals surface area contributed by atoms with Crippen LogP contribution in [0.25, 0.3) is 0 Å². The lowest BCUT2D eigenvalue weighted by atomic mass is 10.1. The van der Waals surface area contributed by atoms with Crippen LogP contribution < -0.4 is 10.6 Å². The summed E-state index contributed by atoms with van der Waals surface area (Å²) in [6.45, 7) is 2.65. The normalized spacial score (nSPS) is 14.5. The van der Waals surface area contributed by atoms with Gasteiger partial charge in [-0.1, -0.05) is 0 Å². The van der Waals surface area contributed by atoms with Gasteiger partial charge in [-0.15, -0.1) is 0 Å². The third kappa shape index (κ3) is 4.78. The highest BCUT2D eigenvalue weighted by Gasteiger charge is 2.39. The number of nitrogens with zero attached hydrogens (tertiary/aromatic N) is 1. The molecule has 166 valence electrons. The second kappa shape index (κ2) is 8.52. The van der Waals surface area contributed by atoms with Crippen molar-refractivity contribution in [1.29, 1.82) is 0 Å². The van der Waals surface area contributed by atoms with Crippen LogP contribution in [0, 0.1) is 12.7 Å². The van der Waals surface area contributed by atoms with Gasteiger partial charge in [0.15, 0.2) is 0 Å². The minimum absolute atomic E-state index is 0.137. The maximum absolute atomic E-state index is 13.5. The fraction of sp³-hybridized carbons (Fsp3) is 0.381. The van der Waals surface area contributed by atoms with Gasteiger partial charge >= 0.3 is 6.18 Å². The number of nitrogens with one attached hydrogen (secondary N) is 2. The molecule has 0 radical (unpaired) electrons. The summed E-state index contributed by atoms with van der Waals surface area (Å²) in [4.78, 5) is 37.5. The molecule has 0 aliphatic carbocycles. The Hall–Kier alpha value is -3.17. The largest absolute Gasteiger partial charge is 0.408 e. The summed E-state index contributed by atoms with van der Waals surface area (Å²) in [7, 11) is 0. The lowest BCUT2D eigenvalue weighted by Gasteiger charge is -2.19. The van der Waals surface area contributed by atoms with Crippen molar-refractivity contribution in [2.45, 2.75) is 51.9 Å². The van der Waals surface area contributed by atoms with Gasteiger partial charge < -0.3 is 15.2 Å².